The molecule has 5 rings (SSSR count). The van der Waals surface area contributed by atoms with Crippen molar-refractivity contribution in [3.8, 4) is 5.75 Å². The predicted molar refractivity (Wildman–Crippen MR) is 158 cm³/mol. The summed E-state index contributed by atoms with van der Waals surface area (Å²) in [6.07, 6.45) is 6.00. The van der Waals surface area contributed by atoms with Crippen LogP contribution in [0.3, 0.4) is 0 Å². The second kappa shape index (κ2) is 13.7. The maximum absolute atomic E-state index is 12.9. The smallest absolute Gasteiger partial charge is 1.00 e. The molecule has 9 nitrogen and oxygen atoms in total. The van der Waals surface area contributed by atoms with Gasteiger partial charge in [-0.1, -0.05) is 24.3 Å². The molecule has 216 valence electrons. The van der Waals surface area contributed by atoms with Crippen LogP contribution < -0.4 is 66.2 Å². The molecule has 1 aliphatic carbocycles. The quantitative estimate of drug-likeness (QED) is 0.295. The van der Waals surface area contributed by atoms with E-state index in [0.29, 0.717) is 23.4 Å². The Labute approximate surface area is 289 Å². The number of benzene rings is 3. The van der Waals surface area contributed by atoms with E-state index in [9.17, 15) is 18.0 Å². The molecule has 1 aromatic heterocycles. The summed E-state index contributed by atoms with van der Waals surface area (Å²) in [6.45, 7) is 1.67. The zero-order valence-electron chi connectivity index (χ0n) is 25.3. The first-order valence-corrected chi connectivity index (χ1v) is 15.0. The van der Waals surface area contributed by atoms with Gasteiger partial charge in [-0.15, -0.1) is 0 Å². The largest absolute Gasteiger partial charge is 1.00 e. The summed E-state index contributed by atoms with van der Waals surface area (Å²) in [5.74, 6) is -0.291. The van der Waals surface area contributed by atoms with Crippen LogP contribution in [-0.2, 0) is 28.2 Å². The van der Waals surface area contributed by atoms with Gasteiger partial charge in [0.15, 0.2) is 0 Å². The molecule has 0 atom stereocenters. The number of carbonyl (C=O) groups is 2. The van der Waals surface area contributed by atoms with Gasteiger partial charge >= 0.3 is 57.5 Å². The zero-order valence-corrected chi connectivity index (χ0v) is 28.2. The third-order valence-electron chi connectivity index (χ3n) is 7.43. The van der Waals surface area contributed by atoms with Gasteiger partial charge in [0.25, 0.3) is 15.9 Å². The van der Waals surface area contributed by atoms with Gasteiger partial charge in [-0.25, -0.2) is 17.9 Å². The molecule has 1 fully saturated rings. The van der Waals surface area contributed by atoms with Crippen LogP contribution in [0.5, 0.6) is 5.75 Å². The molecule has 0 unspecified atom stereocenters. The Bertz CT molecular complexity index is 1730. The Morgan fingerprint density at radius 2 is 1.76 bits per heavy atom. The fraction of sp³-hybridized carbons (Fsp3) is 0.290. The van der Waals surface area contributed by atoms with Crippen LogP contribution in [0.15, 0.2) is 71.8 Å². The van der Waals surface area contributed by atoms with Gasteiger partial charge < -0.3 is 15.5 Å². The van der Waals surface area contributed by atoms with Crippen molar-refractivity contribution in [1.82, 2.24) is 9.29 Å². The molecule has 0 aliphatic heterocycles. The number of fused-ring (bicyclic) bond motifs is 1. The number of sulfonamides is 1. The van der Waals surface area contributed by atoms with E-state index in [1.54, 1.807) is 37.3 Å². The third-order valence-corrected chi connectivity index (χ3v) is 8.93. The van der Waals surface area contributed by atoms with Crippen LogP contribution in [0.25, 0.3) is 10.9 Å². The van der Waals surface area contributed by atoms with Crippen molar-refractivity contribution in [3.05, 3.63) is 89.1 Å². The minimum Gasteiger partial charge on any atom is -1.00 e. The fourth-order valence-corrected chi connectivity index (χ4v) is 6.55. The van der Waals surface area contributed by atoms with Crippen molar-refractivity contribution >= 4 is 38.6 Å². The number of aryl methyl sites for hydroxylation is 2. The first-order valence-electron chi connectivity index (χ1n) is 13.5. The van der Waals surface area contributed by atoms with E-state index in [4.69, 9.17) is 9.47 Å². The van der Waals surface area contributed by atoms with Gasteiger partial charge in [-0.05, 0) is 85.7 Å². The Morgan fingerprint density at radius 3 is 2.48 bits per heavy atom. The van der Waals surface area contributed by atoms with Gasteiger partial charge in [-0.2, -0.15) is 0 Å². The average molecular weight is 616 g/mol. The number of nitrogens with one attached hydrogen (secondary N) is 2. The number of hydrogen-bond acceptors (Lipinski definition) is 6. The topological polar surface area (TPSA) is 116 Å². The second-order valence-corrected chi connectivity index (χ2v) is 12.0. The number of nitrogens with zero attached hydrogens (tertiary/aromatic N) is 1. The molecule has 1 saturated carbocycles. The van der Waals surface area contributed by atoms with Gasteiger partial charge in [0, 0.05) is 41.8 Å². The number of methoxy groups -OCH3 is 1. The molecule has 2 N–H and O–H groups in total. The number of anilines is 1. The monoisotopic (exact) mass is 615 g/mol. The molecule has 2 amide bonds. The van der Waals surface area contributed by atoms with Gasteiger partial charge in [0.1, 0.15) is 11.9 Å². The van der Waals surface area contributed by atoms with Crippen molar-refractivity contribution in [2.24, 2.45) is 7.05 Å². The molecule has 11 heteroatoms. The Kier molecular flexibility index (Phi) is 10.6. The summed E-state index contributed by atoms with van der Waals surface area (Å²) in [6, 6.07) is 17.1. The van der Waals surface area contributed by atoms with Crippen LogP contribution in [0, 0.1) is 6.92 Å². The van der Waals surface area contributed by atoms with Crippen molar-refractivity contribution in [2.45, 2.75) is 50.0 Å². The zero-order chi connectivity index (χ0) is 29.1. The van der Waals surface area contributed by atoms with E-state index >= 15 is 0 Å². The maximum Gasteiger partial charge on any atom is 1.00 e. The molecule has 42 heavy (non-hydrogen) atoms. The minimum absolute atomic E-state index is 0. The van der Waals surface area contributed by atoms with Crippen LogP contribution in [0.4, 0.5) is 10.5 Å². The summed E-state index contributed by atoms with van der Waals surface area (Å²) in [5.41, 5.74) is 4.14. The standard InChI is InChI=1S/C31H33N3O6S.K.H/c1-20-8-4-7-11-29(20)41(37,38)33-30(35)22-13-12-21(28(17-22)39-3)16-23-19-34(2)27-15-14-24(18-26(23)27)32-31(36)40-25-9-5-6-10-25;;/h4,7-8,11-15,17-19,25H,5-6,9-10,16H2,1-3H3,(H,32,36)(H,33,35);;/q;+1;-1. The van der Waals surface area contributed by atoms with Crippen LogP contribution >= 0.6 is 0 Å². The summed E-state index contributed by atoms with van der Waals surface area (Å²) < 4.78 is 40.9. The summed E-state index contributed by atoms with van der Waals surface area (Å²) in [4.78, 5) is 25.4. The van der Waals surface area contributed by atoms with E-state index in [0.717, 1.165) is 47.7 Å². The van der Waals surface area contributed by atoms with E-state index in [-0.39, 0.29) is 69.4 Å². The van der Waals surface area contributed by atoms with Crippen molar-refractivity contribution < 1.29 is 80.3 Å². The first-order chi connectivity index (χ1) is 19.6. The van der Waals surface area contributed by atoms with E-state index in [2.05, 4.69) is 10.0 Å². The molecule has 1 heterocycles. The summed E-state index contributed by atoms with van der Waals surface area (Å²) in [7, 11) is -0.583. The van der Waals surface area contributed by atoms with Gasteiger partial charge in [0.05, 0.1) is 12.0 Å². The molecule has 0 bridgehead atoms. The van der Waals surface area contributed by atoms with Gasteiger partial charge in [-0.3, -0.25) is 10.1 Å². The molecule has 0 saturated heterocycles. The fourth-order valence-electron chi connectivity index (χ4n) is 5.33. The van der Waals surface area contributed by atoms with Crippen LogP contribution in [-0.4, -0.2) is 38.2 Å². The first kappa shape index (κ1) is 32.2. The summed E-state index contributed by atoms with van der Waals surface area (Å²) >= 11 is 0. The molecular formula is C31H34KN3O6S. The number of ether oxygens (including phenoxy) is 2. The van der Waals surface area contributed by atoms with Crippen molar-refractivity contribution in [1.29, 1.82) is 0 Å². The van der Waals surface area contributed by atoms with E-state index in [1.807, 2.05) is 36.0 Å². The molecule has 4 aromatic rings. The molecule has 3 aromatic carbocycles. The number of aromatic nitrogens is 1. The normalized spacial score (nSPS) is 13.4. The van der Waals surface area contributed by atoms with E-state index < -0.39 is 22.0 Å². The summed E-state index contributed by atoms with van der Waals surface area (Å²) in [5, 5.41) is 3.81. The third kappa shape index (κ3) is 7.27. The molecule has 0 spiro atoms. The number of hydrogen-bond donors (Lipinski definition) is 2. The average Bonchev–Trinajstić information content (AvgIpc) is 3.56. The van der Waals surface area contributed by atoms with Crippen LogP contribution in [0.2, 0.25) is 0 Å². The predicted octanol–water partition coefficient (Wildman–Crippen LogP) is 2.81. The molecular weight excluding hydrogens is 582 g/mol. The Balaban J connectivity index is 0.00000253. The Morgan fingerprint density at radius 1 is 1.02 bits per heavy atom. The number of carbonyl (C=O) groups excluding carboxylic acids is 2. The minimum atomic E-state index is -4.04. The molecule has 1 aliphatic rings. The van der Waals surface area contributed by atoms with Crippen LogP contribution in [0.1, 0.15) is 54.2 Å². The second-order valence-electron chi connectivity index (χ2n) is 10.3. The number of rotatable bonds is 8. The maximum atomic E-state index is 12.9. The van der Waals surface area contributed by atoms with Crippen molar-refractivity contribution in [3.63, 3.8) is 0 Å². The number of amides is 2. The SMILES string of the molecule is COc1cc(C(=O)NS(=O)(=O)c2ccccc2C)ccc1Cc1cn(C)c2ccc(NC(=O)OC3CCCC3)cc12.[H-].[K+]. The molecule has 0 radical (unpaired) electrons. The van der Waals surface area contributed by atoms with Gasteiger partial charge in [0.2, 0.25) is 0 Å². The van der Waals surface area contributed by atoms with Crippen molar-refractivity contribution in [2.75, 3.05) is 12.4 Å². The van der Waals surface area contributed by atoms with E-state index in [1.165, 1.54) is 19.2 Å². The Hall–Kier alpha value is -2.67.